The van der Waals surface area contributed by atoms with E-state index < -0.39 is 11.8 Å². The van der Waals surface area contributed by atoms with Crippen LogP contribution in [-0.4, -0.2) is 37.2 Å². The highest BCUT2D eigenvalue weighted by atomic mass is 19.1. The number of hydrogen-bond donors (Lipinski definition) is 1. The van der Waals surface area contributed by atoms with Gasteiger partial charge in [-0.05, 0) is 73.1 Å². The normalized spacial score (nSPS) is 13.2. The summed E-state index contributed by atoms with van der Waals surface area (Å²) in [6.07, 6.45) is 3.04. The summed E-state index contributed by atoms with van der Waals surface area (Å²) in [6.45, 7) is 8.39. The van der Waals surface area contributed by atoms with Crippen LogP contribution >= 0.6 is 0 Å². The molecule has 0 fully saturated rings. The van der Waals surface area contributed by atoms with Crippen molar-refractivity contribution in [2.24, 2.45) is 7.05 Å². The minimum Gasteiger partial charge on any atom is -0.490 e. The third-order valence-electron chi connectivity index (χ3n) is 7.01. The average molecular weight is 489 g/mol. The van der Waals surface area contributed by atoms with Gasteiger partial charge in [-0.3, -0.25) is 4.79 Å². The summed E-state index contributed by atoms with van der Waals surface area (Å²) in [6, 6.07) is 5.31. The monoisotopic (exact) mass is 488 g/mol. The molecular weight excluding hydrogens is 459 g/mol. The van der Waals surface area contributed by atoms with Crippen LogP contribution in [0.15, 0.2) is 24.4 Å². The molecule has 5 rings (SSSR count). The number of benzene rings is 1. The van der Waals surface area contributed by atoms with Gasteiger partial charge in [0.2, 0.25) is 0 Å². The van der Waals surface area contributed by atoms with E-state index in [2.05, 4.69) is 18.8 Å². The lowest BCUT2D eigenvalue weighted by molar-refractivity contribution is -0.136. The minimum absolute atomic E-state index is 0.220. The number of pyridine rings is 1. The van der Waals surface area contributed by atoms with Gasteiger partial charge in [0.1, 0.15) is 5.65 Å². The van der Waals surface area contributed by atoms with E-state index in [0.717, 1.165) is 34.3 Å². The van der Waals surface area contributed by atoms with Crippen LogP contribution in [0.25, 0.3) is 33.7 Å². The highest BCUT2D eigenvalue weighted by Gasteiger charge is 2.26. The predicted molar refractivity (Wildman–Crippen MR) is 136 cm³/mol. The van der Waals surface area contributed by atoms with Crippen LogP contribution in [0.2, 0.25) is 0 Å². The van der Waals surface area contributed by atoms with Crippen LogP contribution < -0.4 is 4.74 Å². The van der Waals surface area contributed by atoms with E-state index in [0.29, 0.717) is 52.6 Å². The molecule has 4 heterocycles. The molecular formula is C28H29FN4O3. The summed E-state index contributed by atoms with van der Waals surface area (Å²) in [5.41, 5.74) is 6.60. The standard InChI is InChI=1S/C28H29FN4O3/c1-14(2)22-8-9-30-27(32-22)23-12-20-25(19(13-24(34)35)16(4)31-28(20)33(23)5)18-11-21(29)26-17(15(18)3)7-6-10-36-26/h8-9,11-12,14H,6-7,10,13H2,1-5H3,(H,34,35). The topological polar surface area (TPSA) is 90.1 Å². The highest BCUT2D eigenvalue weighted by Crippen LogP contribution is 2.42. The van der Waals surface area contributed by atoms with Crippen molar-refractivity contribution >= 4 is 17.0 Å². The Labute approximate surface area is 209 Å². The molecule has 1 aromatic carbocycles. The molecule has 8 heteroatoms. The molecule has 0 saturated carbocycles. The van der Waals surface area contributed by atoms with Crippen molar-refractivity contribution in [3.63, 3.8) is 0 Å². The summed E-state index contributed by atoms with van der Waals surface area (Å²) < 4.78 is 22.8. The van der Waals surface area contributed by atoms with E-state index >= 15 is 4.39 Å². The number of carboxylic acids is 1. The Kier molecular flexibility index (Phi) is 5.98. The van der Waals surface area contributed by atoms with Crippen molar-refractivity contribution < 1.29 is 19.0 Å². The van der Waals surface area contributed by atoms with Crippen LogP contribution in [-0.2, 0) is 24.7 Å². The lowest BCUT2D eigenvalue weighted by Crippen LogP contribution is -2.13. The molecule has 186 valence electrons. The summed E-state index contributed by atoms with van der Waals surface area (Å²) in [5.74, 6) is -0.297. The molecule has 0 unspecified atom stereocenters. The summed E-state index contributed by atoms with van der Waals surface area (Å²) >= 11 is 0. The Hall–Kier alpha value is -3.81. The third kappa shape index (κ3) is 3.90. The van der Waals surface area contributed by atoms with Gasteiger partial charge in [-0.15, -0.1) is 0 Å². The highest BCUT2D eigenvalue weighted by molar-refractivity contribution is 6.00. The lowest BCUT2D eigenvalue weighted by atomic mass is 9.87. The van der Waals surface area contributed by atoms with Gasteiger partial charge in [0, 0.05) is 35.6 Å². The molecule has 1 aliphatic rings. The largest absolute Gasteiger partial charge is 0.490 e. The van der Waals surface area contributed by atoms with E-state index in [1.165, 1.54) is 6.07 Å². The number of carboxylic acid groups (broad SMARTS) is 1. The second kappa shape index (κ2) is 9.00. The maximum absolute atomic E-state index is 15.3. The van der Waals surface area contributed by atoms with Gasteiger partial charge < -0.3 is 14.4 Å². The number of nitrogens with zero attached hydrogens (tertiary/aromatic N) is 4. The molecule has 1 aliphatic heterocycles. The molecule has 0 atom stereocenters. The summed E-state index contributed by atoms with van der Waals surface area (Å²) in [7, 11) is 1.89. The van der Waals surface area contributed by atoms with Crippen molar-refractivity contribution in [3.8, 4) is 28.4 Å². The molecule has 36 heavy (non-hydrogen) atoms. The number of aliphatic carboxylic acids is 1. The number of fused-ring (bicyclic) bond motifs is 2. The fraction of sp³-hybridized carbons (Fsp3) is 0.357. The van der Waals surface area contributed by atoms with Gasteiger partial charge in [0.25, 0.3) is 0 Å². The maximum Gasteiger partial charge on any atom is 0.307 e. The number of aryl methyl sites for hydroxylation is 2. The van der Waals surface area contributed by atoms with Crippen molar-refractivity contribution in [3.05, 3.63) is 58.3 Å². The van der Waals surface area contributed by atoms with Gasteiger partial charge >= 0.3 is 5.97 Å². The van der Waals surface area contributed by atoms with Crippen molar-refractivity contribution in [1.29, 1.82) is 0 Å². The first-order chi connectivity index (χ1) is 17.2. The predicted octanol–water partition coefficient (Wildman–Crippen LogP) is 5.53. The number of aromatic nitrogens is 4. The molecule has 1 N–H and O–H groups in total. The lowest BCUT2D eigenvalue weighted by Gasteiger charge is -2.23. The number of hydrogen-bond acceptors (Lipinski definition) is 5. The fourth-order valence-electron chi connectivity index (χ4n) is 5.11. The van der Waals surface area contributed by atoms with Crippen molar-refractivity contribution in [2.75, 3.05) is 6.61 Å². The van der Waals surface area contributed by atoms with E-state index in [4.69, 9.17) is 14.7 Å². The first-order valence-corrected chi connectivity index (χ1v) is 12.2. The zero-order chi connectivity index (χ0) is 25.7. The van der Waals surface area contributed by atoms with Gasteiger partial charge in [0.15, 0.2) is 17.4 Å². The molecule has 0 aliphatic carbocycles. The number of ether oxygens (including phenoxy) is 1. The quantitative estimate of drug-likeness (QED) is 0.397. The molecule has 0 radical (unpaired) electrons. The Morgan fingerprint density at radius 1 is 1.25 bits per heavy atom. The van der Waals surface area contributed by atoms with Gasteiger partial charge in [-0.25, -0.2) is 19.3 Å². The fourth-order valence-corrected chi connectivity index (χ4v) is 5.11. The molecule has 0 bridgehead atoms. The number of carbonyl (C=O) groups is 1. The summed E-state index contributed by atoms with van der Waals surface area (Å²) in [5, 5.41) is 10.5. The molecule has 3 aromatic heterocycles. The Balaban J connectivity index is 1.84. The van der Waals surface area contributed by atoms with Gasteiger partial charge in [-0.2, -0.15) is 0 Å². The molecule has 0 amide bonds. The Morgan fingerprint density at radius 2 is 2.03 bits per heavy atom. The zero-order valence-corrected chi connectivity index (χ0v) is 21.1. The van der Waals surface area contributed by atoms with Gasteiger partial charge in [0.05, 0.1) is 18.7 Å². The SMILES string of the molecule is Cc1nc2c(cc(-c3nccc(C(C)C)n3)n2C)c(-c2cc(F)c3c(c2C)CCCO3)c1CC(=O)O. The minimum atomic E-state index is -0.968. The second-order valence-corrected chi connectivity index (χ2v) is 9.70. The van der Waals surface area contributed by atoms with E-state index in [1.54, 1.807) is 13.1 Å². The maximum atomic E-state index is 15.3. The van der Waals surface area contributed by atoms with Crippen LogP contribution in [0.4, 0.5) is 4.39 Å². The van der Waals surface area contributed by atoms with Crippen molar-refractivity contribution in [2.45, 2.75) is 52.9 Å². The smallest absolute Gasteiger partial charge is 0.307 e. The van der Waals surface area contributed by atoms with Crippen LogP contribution in [0.5, 0.6) is 5.75 Å². The van der Waals surface area contributed by atoms with Crippen LogP contribution in [0.1, 0.15) is 54.3 Å². The first-order valence-electron chi connectivity index (χ1n) is 12.2. The van der Waals surface area contributed by atoms with Crippen molar-refractivity contribution in [1.82, 2.24) is 19.5 Å². The first kappa shape index (κ1) is 23.9. The molecule has 4 aromatic rings. The average Bonchev–Trinajstić information content (AvgIpc) is 3.17. The van der Waals surface area contributed by atoms with E-state index in [9.17, 15) is 9.90 Å². The Bertz CT molecular complexity index is 1520. The summed E-state index contributed by atoms with van der Waals surface area (Å²) in [4.78, 5) is 25.9. The van der Waals surface area contributed by atoms with E-state index in [-0.39, 0.29) is 12.3 Å². The van der Waals surface area contributed by atoms with E-state index in [1.807, 2.05) is 30.7 Å². The Morgan fingerprint density at radius 3 is 2.75 bits per heavy atom. The van der Waals surface area contributed by atoms with Crippen LogP contribution in [0.3, 0.4) is 0 Å². The second-order valence-electron chi connectivity index (χ2n) is 9.70. The number of rotatable bonds is 5. The molecule has 0 spiro atoms. The van der Waals surface area contributed by atoms with Crippen LogP contribution in [0, 0.1) is 19.7 Å². The number of halogens is 1. The van der Waals surface area contributed by atoms with Gasteiger partial charge in [-0.1, -0.05) is 13.8 Å². The third-order valence-corrected chi connectivity index (χ3v) is 7.01. The molecule has 7 nitrogen and oxygen atoms in total. The molecule has 0 saturated heterocycles. The zero-order valence-electron chi connectivity index (χ0n) is 21.1.